The zero-order valence-corrected chi connectivity index (χ0v) is 11.4. The van der Waals surface area contributed by atoms with Crippen molar-refractivity contribution in [3.63, 3.8) is 0 Å². The maximum absolute atomic E-state index is 11.8. The van der Waals surface area contributed by atoms with Gasteiger partial charge in [0.05, 0.1) is 6.04 Å². The third-order valence-corrected chi connectivity index (χ3v) is 2.98. The first-order chi connectivity index (χ1) is 8.59. The Bertz CT molecular complexity index is 271. The third kappa shape index (κ3) is 6.00. The van der Waals surface area contributed by atoms with Gasteiger partial charge in [-0.2, -0.15) is 0 Å². The van der Waals surface area contributed by atoms with Crippen LogP contribution in [0.5, 0.6) is 0 Å². The molecule has 1 fully saturated rings. The van der Waals surface area contributed by atoms with Crippen molar-refractivity contribution >= 4 is 11.8 Å². The maximum Gasteiger partial charge on any atom is 0.237 e. The van der Waals surface area contributed by atoms with Gasteiger partial charge in [-0.1, -0.05) is 12.8 Å². The molecule has 0 aromatic carbocycles. The lowest BCUT2D eigenvalue weighted by Gasteiger charge is -2.15. The van der Waals surface area contributed by atoms with Gasteiger partial charge >= 0.3 is 0 Å². The Morgan fingerprint density at radius 3 is 2.78 bits per heavy atom. The molecule has 0 aromatic rings. The molecule has 3 N–H and O–H groups in total. The number of hydrogen-bond donors (Lipinski definition) is 3. The summed E-state index contributed by atoms with van der Waals surface area (Å²) in [6.45, 7) is 5.17. The van der Waals surface area contributed by atoms with E-state index in [0.717, 1.165) is 25.8 Å². The molecule has 0 aromatic heterocycles. The van der Waals surface area contributed by atoms with Crippen LogP contribution in [0.2, 0.25) is 0 Å². The molecule has 18 heavy (non-hydrogen) atoms. The highest BCUT2D eigenvalue weighted by Gasteiger charge is 2.18. The largest absolute Gasteiger partial charge is 0.354 e. The molecular formula is C13H25N3O2. The van der Waals surface area contributed by atoms with E-state index in [1.54, 1.807) is 0 Å². The fraction of sp³-hybridized carbons (Fsp3) is 0.846. The van der Waals surface area contributed by atoms with E-state index in [4.69, 9.17) is 0 Å². The van der Waals surface area contributed by atoms with Crippen molar-refractivity contribution < 1.29 is 9.59 Å². The van der Waals surface area contributed by atoms with E-state index in [1.807, 2.05) is 13.8 Å². The highest BCUT2D eigenvalue weighted by molar-refractivity contribution is 5.82. The Morgan fingerprint density at radius 2 is 2.06 bits per heavy atom. The molecule has 1 atom stereocenters. The van der Waals surface area contributed by atoms with Crippen LogP contribution in [0.4, 0.5) is 0 Å². The molecule has 1 unspecified atom stereocenters. The summed E-state index contributed by atoms with van der Waals surface area (Å²) in [6, 6.07) is 0.0670. The Kier molecular flexibility index (Phi) is 6.72. The lowest BCUT2D eigenvalue weighted by molar-refractivity contribution is -0.123. The molecule has 5 heteroatoms. The molecule has 0 saturated carbocycles. The highest BCUT2D eigenvalue weighted by atomic mass is 16.2. The van der Waals surface area contributed by atoms with Crippen LogP contribution in [-0.2, 0) is 9.59 Å². The monoisotopic (exact) mass is 255 g/mol. The van der Waals surface area contributed by atoms with Crippen molar-refractivity contribution in [1.29, 1.82) is 0 Å². The molecule has 2 amide bonds. The molecule has 1 heterocycles. The van der Waals surface area contributed by atoms with Crippen LogP contribution in [-0.4, -0.2) is 37.0 Å². The molecule has 104 valence electrons. The number of carbonyl (C=O) groups is 2. The summed E-state index contributed by atoms with van der Waals surface area (Å²) < 4.78 is 0. The first-order valence-corrected chi connectivity index (χ1v) is 6.90. The van der Waals surface area contributed by atoms with E-state index in [2.05, 4.69) is 16.0 Å². The van der Waals surface area contributed by atoms with E-state index in [0.29, 0.717) is 13.0 Å². The number of carbonyl (C=O) groups excluding carboxylic acids is 2. The average Bonchev–Trinajstić information content (AvgIpc) is 2.56. The SMILES string of the molecule is CC(C)NC(=O)CCNC(=O)C1CCCCCN1. The Balaban J connectivity index is 2.17. The van der Waals surface area contributed by atoms with Crippen LogP contribution in [0.1, 0.15) is 46.0 Å². The zero-order valence-electron chi connectivity index (χ0n) is 11.4. The van der Waals surface area contributed by atoms with Gasteiger partial charge in [0.25, 0.3) is 0 Å². The molecule has 0 radical (unpaired) electrons. The summed E-state index contributed by atoms with van der Waals surface area (Å²) in [6.07, 6.45) is 4.66. The Labute approximate surface area is 109 Å². The number of rotatable bonds is 5. The van der Waals surface area contributed by atoms with Crippen LogP contribution < -0.4 is 16.0 Å². The van der Waals surface area contributed by atoms with Gasteiger partial charge in [0.1, 0.15) is 0 Å². The van der Waals surface area contributed by atoms with Gasteiger partial charge in [-0.3, -0.25) is 9.59 Å². The van der Waals surface area contributed by atoms with Gasteiger partial charge in [0.2, 0.25) is 11.8 Å². The van der Waals surface area contributed by atoms with E-state index < -0.39 is 0 Å². The Hall–Kier alpha value is -1.10. The summed E-state index contributed by atoms with van der Waals surface area (Å²) in [5.74, 6) is 0.00775. The number of nitrogens with one attached hydrogen (secondary N) is 3. The Morgan fingerprint density at radius 1 is 1.28 bits per heavy atom. The van der Waals surface area contributed by atoms with Crippen molar-refractivity contribution in [3.8, 4) is 0 Å². The molecule has 0 aliphatic carbocycles. The van der Waals surface area contributed by atoms with Crippen molar-refractivity contribution in [3.05, 3.63) is 0 Å². The number of amides is 2. The van der Waals surface area contributed by atoms with Crippen molar-refractivity contribution in [1.82, 2.24) is 16.0 Å². The second kappa shape index (κ2) is 8.08. The van der Waals surface area contributed by atoms with Gasteiger partial charge in [-0.25, -0.2) is 0 Å². The number of hydrogen-bond acceptors (Lipinski definition) is 3. The quantitative estimate of drug-likeness (QED) is 0.672. The third-order valence-electron chi connectivity index (χ3n) is 2.98. The maximum atomic E-state index is 11.8. The predicted octanol–water partition coefficient (Wildman–Crippen LogP) is 0.550. The summed E-state index contributed by atoms with van der Waals surface area (Å²) in [5.41, 5.74) is 0. The predicted molar refractivity (Wildman–Crippen MR) is 71.2 cm³/mol. The topological polar surface area (TPSA) is 70.2 Å². The van der Waals surface area contributed by atoms with Crippen molar-refractivity contribution in [2.24, 2.45) is 0 Å². The van der Waals surface area contributed by atoms with E-state index in [9.17, 15) is 9.59 Å². The fourth-order valence-electron chi connectivity index (χ4n) is 2.07. The van der Waals surface area contributed by atoms with Gasteiger partial charge < -0.3 is 16.0 Å². The van der Waals surface area contributed by atoms with Crippen molar-refractivity contribution in [2.75, 3.05) is 13.1 Å². The van der Waals surface area contributed by atoms with Crippen LogP contribution in [0.25, 0.3) is 0 Å². The van der Waals surface area contributed by atoms with Crippen LogP contribution in [0.3, 0.4) is 0 Å². The lowest BCUT2D eigenvalue weighted by Crippen LogP contribution is -2.44. The highest BCUT2D eigenvalue weighted by Crippen LogP contribution is 2.08. The first kappa shape index (κ1) is 15.0. The minimum atomic E-state index is -0.0827. The lowest BCUT2D eigenvalue weighted by atomic mass is 10.1. The molecule has 1 aliphatic rings. The minimum absolute atomic E-state index is 0.0147. The van der Waals surface area contributed by atoms with Crippen LogP contribution in [0, 0.1) is 0 Å². The van der Waals surface area contributed by atoms with Gasteiger partial charge in [-0.15, -0.1) is 0 Å². The van der Waals surface area contributed by atoms with Crippen LogP contribution >= 0.6 is 0 Å². The molecule has 1 rings (SSSR count). The smallest absolute Gasteiger partial charge is 0.237 e. The van der Waals surface area contributed by atoms with Gasteiger partial charge in [-0.05, 0) is 33.2 Å². The standard InChI is InChI=1S/C13H25N3O2/c1-10(2)16-12(17)7-9-15-13(18)11-6-4-3-5-8-14-11/h10-11,14H,3-9H2,1-2H3,(H,15,18)(H,16,17). The molecule has 0 bridgehead atoms. The zero-order chi connectivity index (χ0) is 13.4. The van der Waals surface area contributed by atoms with E-state index in [1.165, 1.54) is 6.42 Å². The summed E-state index contributed by atoms with van der Waals surface area (Å²) in [4.78, 5) is 23.2. The normalized spacial score (nSPS) is 20.3. The molecular weight excluding hydrogens is 230 g/mol. The first-order valence-electron chi connectivity index (χ1n) is 6.90. The van der Waals surface area contributed by atoms with E-state index in [-0.39, 0.29) is 23.9 Å². The molecule has 1 saturated heterocycles. The summed E-state index contributed by atoms with van der Waals surface area (Å²) in [5, 5.41) is 8.86. The molecule has 0 spiro atoms. The summed E-state index contributed by atoms with van der Waals surface area (Å²) in [7, 11) is 0. The van der Waals surface area contributed by atoms with E-state index >= 15 is 0 Å². The average molecular weight is 255 g/mol. The fourth-order valence-corrected chi connectivity index (χ4v) is 2.07. The molecule has 5 nitrogen and oxygen atoms in total. The van der Waals surface area contributed by atoms with Gasteiger partial charge in [0.15, 0.2) is 0 Å². The molecule has 1 aliphatic heterocycles. The van der Waals surface area contributed by atoms with Crippen molar-refractivity contribution in [2.45, 2.75) is 58.0 Å². The second-order valence-corrected chi connectivity index (χ2v) is 5.12. The van der Waals surface area contributed by atoms with Gasteiger partial charge in [0, 0.05) is 19.0 Å². The second-order valence-electron chi connectivity index (χ2n) is 5.12. The van der Waals surface area contributed by atoms with Crippen LogP contribution in [0.15, 0.2) is 0 Å². The minimum Gasteiger partial charge on any atom is -0.354 e. The summed E-state index contributed by atoms with van der Waals surface area (Å²) >= 11 is 0.